The van der Waals surface area contributed by atoms with Crippen molar-refractivity contribution < 1.29 is 4.39 Å². The maximum absolute atomic E-state index is 13.8. The lowest BCUT2D eigenvalue weighted by molar-refractivity contribution is 0.629. The van der Waals surface area contributed by atoms with Crippen molar-refractivity contribution in [2.45, 2.75) is 13.5 Å². The molecule has 2 aromatic heterocycles. The van der Waals surface area contributed by atoms with Crippen LogP contribution >= 0.6 is 0 Å². The smallest absolute Gasteiger partial charge is 0.223 e. The summed E-state index contributed by atoms with van der Waals surface area (Å²) in [5.41, 5.74) is 1.32. The van der Waals surface area contributed by atoms with Crippen molar-refractivity contribution in [3.8, 4) is 11.4 Å². The summed E-state index contributed by atoms with van der Waals surface area (Å²) in [6, 6.07) is 6.52. The Morgan fingerprint density at radius 1 is 1.29 bits per heavy atom. The van der Waals surface area contributed by atoms with Crippen molar-refractivity contribution in [1.82, 2.24) is 19.7 Å². The Morgan fingerprint density at radius 3 is 2.76 bits per heavy atom. The third kappa shape index (κ3) is 2.33. The van der Waals surface area contributed by atoms with Gasteiger partial charge in [-0.05, 0) is 25.1 Å². The zero-order valence-electron chi connectivity index (χ0n) is 12.2. The van der Waals surface area contributed by atoms with Gasteiger partial charge in [0.1, 0.15) is 5.82 Å². The van der Waals surface area contributed by atoms with Gasteiger partial charge in [-0.25, -0.2) is 9.07 Å². The van der Waals surface area contributed by atoms with Gasteiger partial charge in [-0.15, -0.1) is 5.10 Å². The minimum absolute atomic E-state index is 0.315. The summed E-state index contributed by atoms with van der Waals surface area (Å²) < 4.78 is 15.6. The number of aromatic nitrogens is 4. The summed E-state index contributed by atoms with van der Waals surface area (Å²) in [4.78, 5) is 10.7. The molecule has 0 unspecified atom stereocenters. The minimum atomic E-state index is -0.315. The second kappa shape index (κ2) is 5.12. The highest BCUT2D eigenvalue weighted by Gasteiger charge is 2.16. The molecule has 0 atom stereocenters. The molecule has 5 nitrogen and oxygen atoms in total. The van der Waals surface area contributed by atoms with E-state index in [2.05, 4.69) is 15.1 Å². The van der Waals surface area contributed by atoms with Gasteiger partial charge in [0.2, 0.25) is 5.95 Å². The Morgan fingerprint density at radius 2 is 2.10 bits per heavy atom. The Bertz CT molecular complexity index is 794. The maximum atomic E-state index is 13.8. The second-order valence-electron chi connectivity index (χ2n) is 4.97. The number of hydrogen-bond acceptors (Lipinski definition) is 4. The fourth-order valence-electron chi connectivity index (χ4n) is 2.32. The Hall–Kier alpha value is -2.50. The van der Waals surface area contributed by atoms with Crippen LogP contribution in [0.15, 0.2) is 30.5 Å². The first-order chi connectivity index (χ1) is 10.1. The van der Waals surface area contributed by atoms with E-state index >= 15 is 0 Å². The number of anilines is 1. The number of benzene rings is 1. The molecule has 0 radical (unpaired) electrons. The predicted octanol–water partition coefficient (Wildman–Crippen LogP) is 2.72. The molecule has 3 aromatic rings. The van der Waals surface area contributed by atoms with Gasteiger partial charge in [0, 0.05) is 32.2 Å². The molecule has 21 heavy (non-hydrogen) atoms. The summed E-state index contributed by atoms with van der Waals surface area (Å²) in [7, 11) is 3.81. The van der Waals surface area contributed by atoms with Crippen molar-refractivity contribution in [2.75, 3.05) is 19.0 Å². The fourth-order valence-corrected chi connectivity index (χ4v) is 2.32. The zero-order chi connectivity index (χ0) is 15.0. The maximum Gasteiger partial charge on any atom is 0.223 e. The molecular formula is C15H16FN5. The quantitative estimate of drug-likeness (QED) is 0.742. The van der Waals surface area contributed by atoms with Crippen LogP contribution in [0.25, 0.3) is 22.3 Å². The van der Waals surface area contributed by atoms with Gasteiger partial charge in [-0.3, -0.25) is 4.98 Å². The number of pyridine rings is 1. The molecular weight excluding hydrogens is 269 g/mol. The molecule has 0 saturated heterocycles. The van der Waals surface area contributed by atoms with E-state index in [1.54, 1.807) is 16.9 Å². The van der Waals surface area contributed by atoms with E-state index < -0.39 is 0 Å². The molecule has 0 aliphatic heterocycles. The molecule has 0 aliphatic carbocycles. The van der Waals surface area contributed by atoms with Crippen LogP contribution in [-0.4, -0.2) is 33.8 Å². The number of aryl methyl sites for hydroxylation is 1. The van der Waals surface area contributed by atoms with Crippen molar-refractivity contribution in [2.24, 2.45) is 0 Å². The molecule has 0 amide bonds. The molecule has 0 aliphatic rings. The second-order valence-corrected chi connectivity index (χ2v) is 4.97. The van der Waals surface area contributed by atoms with E-state index in [1.165, 1.54) is 12.1 Å². The molecule has 1 aromatic carbocycles. The number of rotatable bonds is 3. The van der Waals surface area contributed by atoms with Crippen molar-refractivity contribution in [3.05, 3.63) is 36.3 Å². The van der Waals surface area contributed by atoms with E-state index in [4.69, 9.17) is 0 Å². The SMILES string of the molecule is CCn1nc(-c2cc(F)cc3cccnc23)nc1N(C)C. The standard InChI is InChI=1S/C15H16FN5/c1-4-21-15(20(2)3)18-14(19-21)12-9-11(16)8-10-6-5-7-17-13(10)12/h5-9H,4H2,1-3H3. The van der Waals surface area contributed by atoms with Crippen LogP contribution in [0, 0.1) is 5.82 Å². The van der Waals surface area contributed by atoms with E-state index in [-0.39, 0.29) is 5.82 Å². The van der Waals surface area contributed by atoms with E-state index in [0.29, 0.717) is 23.4 Å². The van der Waals surface area contributed by atoms with Gasteiger partial charge in [-0.2, -0.15) is 4.98 Å². The van der Waals surface area contributed by atoms with Gasteiger partial charge < -0.3 is 4.90 Å². The van der Waals surface area contributed by atoms with Gasteiger partial charge in [-0.1, -0.05) is 6.07 Å². The zero-order valence-corrected chi connectivity index (χ0v) is 12.2. The lowest BCUT2D eigenvalue weighted by Crippen LogP contribution is -2.15. The summed E-state index contributed by atoms with van der Waals surface area (Å²) in [6.07, 6.45) is 1.69. The molecule has 0 saturated carbocycles. The summed E-state index contributed by atoms with van der Waals surface area (Å²) in [5, 5.41) is 5.21. The number of hydrogen-bond donors (Lipinski definition) is 0. The average molecular weight is 285 g/mol. The number of halogens is 1. The first-order valence-corrected chi connectivity index (χ1v) is 6.77. The van der Waals surface area contributed by atoms with Crippen LogP contribution in [0.4, 0.5) is 10.3 Å². The Kier molecular flexibility index (Phi) is 3.29. The molecule has 3 rings (SSSR count). The summed E-state index contributed by atoms with van der Waals surface area (Å²) in [6.45, 7) is 2.69. The molecule has 0 bridgehead atoms. The van der Waals surface area contributed by atoms with Crippen LogP contribution in [0.2, 0.25) is 0 Å². The topological polar surface area (TPSA) is 46.8 Å². The molecule has 0 fully saturated rings. The average Bonchev–Trinajstić information content (AvgIpc) is 2.90. The van der Waals surface area contributed by atoms with Gasteiger partial charge in [0.05, 0.1) is 11.1 Å². The van der Waals surface area contributed by atoms with Gasteiger partial charge >= 0.3 is 0 Å². The fraction of sp³-hybridized carbons (Fsp3) is 0.267. The predicted molar refractivity (Wildman–Crippen MR) is 80.7 cm³/mol. The van der Waals surface area contributed by atoms with Crippen LogP contribution in [0.1, 0.15) is 6.92 Å². The molecule has 0 N–H and O–H groups in total. The third-order valence-corrected chi connectivity index (χ3v) is 3.26. The lowest BCUT2D eigenvalue weighted by Gasteiger charge is -2.10. The lowest BCUT2D eigenvalue weighted by atomic mass is 10.1. The summed E-state index contributed by atoms with van der Waals surface area (Å²) in [5.74, 6) is 0.911. The molecule has 0 spiro atoms. The van der Waals surface area contributed by atoms with E-state index in [0.717, 1.165) is 11.3 Å². The van der Waals surface area contributed by atoms with Crippen molar-refractivity contribution in [3.63, 3.8) is 0 Å². The highest BCUT2D eigenvalue weighted by atomic mass is 19.1. The highest BCUT2D eigenvalue weighted by molar-refractivity contribution is 5.91. The third-order valence-electron chi connectivity index (χ3n) is 3.26. The van der Waals surface area contributed by atoms with E-state index in [1.807, 2.05) is 32.0 Å². The Labute approximate surface area is 122 Å². The van der Waals surface area contributed by atoms with Crippen LogP contribution in [-0.2, 0) is 6.54 Å². The normalized spacial score (nSPS) is 11.0. The first kappa shape index (κ1) is 13.5. The van der Waals surface area contributed by atoms with Crippen molar-refractivity contribution in [1.29, 1.82) is 0 Å². The molecule has 6 heteroatoms. The summed E-state index contributed by atoms with van der Waals surface area (Å²) >= 11 is 0. The minimum Gasteiger partial charge on any atom is -0.347 e. The van der Waals surface area contributed by atoms with Crippen LogP contribution < -0.4 is 4.90 Å². The van der Waals surface area contributed by atoms with Crippen molar-refractivity contribution >= 4 is 16.9 Å². The van der Waals surface area contributed by atoms with Crippen LogP contribution in [0.3, 0.4) is 0 Å². The number of nitrogens with zero attached hydrogens (tertiary/aromatic N) is 5. The highest BCUT2D eigenvalue weighted by Crippen LogP contribution is 2.27. The molecule has 2 heterocycles. The largest absolute Gasteiger partial charge is 0.347 e. The molecule has 108 valence electrons. The van der Waals surface area contributed by atoms with Gasteiger partial charge in [0.15, 0.2) is 5.82 Å². The van der Waals surface area contributed by atoms with E-state index in [9.17, 15) is 4.39 Å². The first-order valence-electron chi connectivity index (χ1n) is 6.77. The van der Waals surface area contributed by atoms with Gasteiger partial charge in [0.25, 0.3) is 0 Å². The monoisotopic (exact) mass is 285 g/mol. The van der Waals surface area contributed by atoms with Crippen LogP contribution in [0.5, 0.6) is 0 Å². The number of fused-ring (bicyclic) bond motifs is 1. The Balaban J connectivity index is 2.25.